The number of alkyl halides is 3. The van der Waals surface area contributed by atoms with Crippen LogP contribution in [0, 0.1) is 0 Å². The summed E-state index contributed by atoms with van der Waals surface area (Å²) in [7, 11) is -4.24. The standard InChI is InChI=1S/C14H17F3N2O5S/c1-9(2)19(7-12(20)21)25(23,24)11-5-3-4-10(6-11)13(22)18-8-14(15,16)17/h3-6,9H,7-8H2,1-2H3,(H,18,22)(H,20,21). The normalized spacial score (nSPS) is 12.4. The van der Waals surface area contributed by atoms with Gasteiger partial charge in [-0.3, -0.25) is 9.59 Å². The van der Waals surface area contributed by atoms with Crippen LogP contribution in [0.15, 0.2) is 29.2 Å². The highest BCUT2D eigenvalue weighted by molar-refractivity contribution is 7.89. The van der Waals surface area contributed by atoms with E-state index in [0.717, 1.165) is 18.2 Å². The highest BCUT2D eigenvalue weighted by atomic mass is 32.2. The first-order chi connectivity index (χ1) is 11.3. The Morgan fingerprint density at radius 1 is 1.28 bits per heavy atom. The van der Waals surface area contributed by atoms with Gasteiger partial charge in [0, 0.05) is 11.6 Å². The number of halogens is 3. The van der Waals surface area contributed by atoms with Crippen LogP contribution < -0.4 is 5.32 Å². The average molecular weight is 382 g/mol. The molecule has 11 heteroatoms. The van der Waals surface area contributed by atoms with Crippen LogP contribution in [-0.2, 0) is 14.8 Å². The second-order valence-corrected chi connectivity index (χ2v) is 7.25. The lowest BCUT2D eigenvalue weighted by Crippen LogP contribution is -2.40. The highest BCUT2D eigenvalue weighted by Gasteiger charge is 2.30. The molecule has 0 heterocycles. The first kappa shape index (κ1) is 20.9. The smallest absolute Gasteiger partial charge is 0.405 e. The summed E-state index contributed by atoms with van der Waals surface area (Å²) in [5.41, 5.74) is -0.288. The second kappa shape index (κ2) is 7.83. The number of carboxylic acid groups (broad SMARTS) is 1. The molecule has 0 unspecified atom stereocenters. The Morgan fingerprint density at radius 3 is 2.36 bits per heavy atom. The summed E-state index contributed by atoms with van der Waals surface area (Å²) in [5.74, 6) is -2.46. The first-order valence-corrected chi connectivity index (χ1v) is 8.47. The molecule has 0 radical (unpaired) electrons. The summed E-state index contributed by atoms with van der Waals surface area (Å²) < 4.78 is 62.2. The van der Waals surface area contributed by atoms with E-state index in [4.69, 9.17) is 5.11 Å². The lowest BCUT2D eigenvalue weighted by molar-refractivity contribution is -0.137. The Kier molecular flexibility index (Phi) is 6.54. The van der Waals surface area contributed by atoms with Crippen molar-refractivity contribution in [3.63, 3.8) is 0 Å². The molecule has 7 nitrogen and oxygen atoms in total. The van der Waals surface area contributed by atoms with Crippen LogP contribution in [0.1, 0.15) is 24.2 Å². The van der Waals surface area contributed by atoms with Gasteiger partial charge in [-0.05, 0) is 32.0 Å². The largest absolute Gasteiger partial charge is 0.480 e. The van der Waals surface area contributed by atoms with Gasteiger partial charge in [-0.25, -0.2) is 8.42 Å². The minimum Gasteiger partial charge on any atom is -0.480 e. The van der Waals surface area contributed by atoms with Gasteiger partial charge in [0.25, 0.3) is 5.91 Å². The van der Waals surface area contributed by atoms with E-state index in [1.165, 1.54) is 19.9 Å². The lowest BCUT2D eigenvalue weighted by atomic mass is 10.2. The van der Waals surface area contributed by atoms with Crippen LogP contribution in [0.2, 0.25) is 0 Å². The maximum atomic E-state index is 12.6. The van der Waals surface area contributed by atoms with Crippen LogP contribution in [0.3, 0.4) is 0 Å². The maximum Gasteiger partial charge on any atom is 0.405 e. The topological polar surface area (TPSA) is 104 Å². The Bertz CT molecular complexity index is 747. The summed E-state index contributed by atoms with van der Waals surface area (Å²) >= 11 is 0. The molecule has 1 aromatic rings. The molecule has 0 atom stereocenters. The molecule has 25 heavy (non-hydrogen) atoms. The van der Waals surface area contributed by atoms with Gasteiger partial charge < -0.3 is 10.4 Å². The molecule has 0 saturated heterocycles. The van der Waals surface area contributed by atoms with Gasteiger partial charge in [-0.2, -0.15) is 17.5 Å². The number of nitrogens with zero attached hydrogens (tertiary/aromatic N) is 1. The molecule has 1 amide bonds. The first-order valence-electron chi connectivity index (χ1n) is 7.03. The number of amides is 1. The maximum absolute atomic E-state index is 12.6. The van der Waals surface area contributed by atoms with Gasteiger partial charge in [0.1, 0.15) is 13.1 Å². The number of carbonyl (C=O) groups is 2. The number of rotatable bonds is 7. The molecule has 2 N–H and O–H groups in total. The fraction of sp³-hybridized carbons (Fsp3) is 0.429. The Labute approximate surface area is 142 Å². The van der Waals surface area contributed by atoms with Crippen molar-refractivity contribution in [1.82, 2.24) is 9.62 Å². The molecule has 0 saturated carbocycles. The van der Waals surface area contributed by atoms with E-state index < -0.39 is 47.2 Å². The zero-order valence-electron chi connectivity index (χ0n) is 13.4. The fourth-order valence-electron chi connectivity index (χ4n) is 1.89. The molecule has 0 spiro atoms. The molecule has 140 valence electrons. The van der Waals surface area contributed by atoms with Crippen molar-refractivity contribution in [2.45, 2.75) is 31.0 Å². The Hall–Kier alpha value is -2.14. The summed E-state index contributed by atoms with van der Waals surface area (Å²) in [6, 6.07) is 3.70. The van der Waals surface area contributed by atoms with Crippen LogP contribution >= 0.6 is 0 Å². The number of aliphatic carboxylic acids is 1. The number of nitrogens with one attached hydrogen (secondary N) is 1. The summed E-state index contributed by atoms with van der Waals surface area (Å²) in [5, 5.41) is 10.5. The van der Waals surface area contributed by atoms with Crippen LogP contribution in [0.4, 0.5) is 13.2 Å². The van der Waals surface area contributed by atoms with Crippen molar-refractivity contribution >= 4 is 21.9 Å². The van der Waals surface area contributed by atoms with E-state index in [1.54, 1.807) is 5.32 Å². The molecule has 0 aliphatic heterocycles. The third-order valence-corrected chi connectivity index (χ3v) is 5.04. The Balaban J connectivity index is 3.13. The molecule has 1 aromatic carbocycles. The molecule has 1 rings (SSSR count). The molecular weight excluding hydrogens is 365 g/mol. The number of benzene rings is 1. The lowest BCUT2D eigenvalue weighted by Gasteiger charge is -2.24. The summed E-state index contributed by atoms with van der Waals surface area (Å²) in [6.45, 7) is 0.602. The minimum atomic E-state index is -4.60. The number of hydrogen-bond acceptors (Lipinski definition) is 4. The number of hydrogen-bond donors (Lipinski definition) is 2. The van der Waals surface area contributed by atoms with Crippen molar-refractivity contribution < 1.29 is 36.3 Å². The molecule has 0 aliphatic rings. The number of sulfonamides is 1. The quantitative estimate of drug-likeness (QED) is 0.743. The van der Waals surface area contributed by atoms with E-state index in [2.05, 4.69) is 0 Å². The zero-order valence-corrected chi connectivity index (χ0v) is 14.2. The number of carboxylic acids is 1. The van der Waals surface area contributed by atoms with Gasteiger partial charge in [0.2, 0.25) is 10.0 Å². The third-order valence-electron chi connectivity index (χ3n) is 3.02. The molecule has 0 bridgehead atoms. The van der Waals surface area contributed by atoms with Gasteiger partial charge in [-0.15, -0.1) is 0 Å². The summed E-state index contributed by atoms with van der Waals surface area (Å²) in [4.78, 5) is 22.2. The minimum absolute atomic E-state index is 0.288. The highest BCUT2D eigenvalue weighted by Crippen LogP contribution is 2.20. The Morgan fingerprint density at radius 2 is 1.88 bits per heavy atom. The molecule has 0 aromatic heterocycles. The van der Waals surface area contributed by atoms with Crippen LogP contribution in [0.5, 0.6) is 0 Å². The monoisotopic (exact) mass is 382 g/mol. The van der Waals surface area contributed by atoms with Gasteiger partial charge in [0.15, 0.2) is 0 Å². The zero-order chi connectivity index (χ0) is 19.4. The van der Waals surface area contributed by atoms with Crippen molar-refractivity contribution in [2.75, 3.05) is 13.1 Å². The fourth-order valence-corrected chi connectivity index (χ4v) is 3.53. The van der Waals surface area contributed by atoms with Crippen molar-refractivity contribution in [1.29, 1.82) is 0 Å². The van der Waals surface area contributed by atoms with Gasteiger partial charge >= 0.3 is 12.1 Å². The molecular formula is C14H17F3N2O5S. The molecule has 0 aliphatic carbocycles. The van der Waals surface area contributed by atoms with Crippen molar-refractivity contribution in [2.24, 2.45) is 0 Å². The SMILES string of the molecule is CC(C)N(CC(=O)O)S(=O)(=O)c1cccc(C(=O)NCC(F)(F)F)c1. The number of carbonyl (C=O) groups excluding carboxylic acids is 1. The summed E-state index contributed by atoms with van der Waals surface area (Å²) in [6.07, 6.45) is -4.60. The van der Waals surface area contributed by atoms with Gasteiger partial charge in [-0.1, -0.05) is 6.07 Å². The van der Waals surface area contributed by atoms with Crippen LogP contribution in [0.25, 0.3) is 0 Å². The predicted molar refractivity (Wildman–Crippen MR) is 81.5 cm³/mol. The van der Waals surface area contributed by atoms with Crippen molar-refractivity contribution in [3.05, 3.63) is 29.8 Å². The van der Waals surface area contributed by atoms with Gasteiger partial charge in [0.05, 0.1) is 4.90 Å². The van der Waals surface area contributed by atoms with E-state index in [1.807, 2.05) is 0 Å². The van der Waals surface area contributed by atoms with Crippen molar-refractivity contribution in [3.8, 4) is 0 Å². The second-order valence-electron chi connectivity index (χ2n) is 5.36. The van der Waals surface area contributed by atoms with E-state index >= 15 is 0 Å². The molecule has 0 fully saturated rings. The third kappa shape index (κ3) is 6.02. The van der Waals surface area contributed by atoms with E-state index in [0.29, 0.717) is 4.31 Å². The van der Waals surface area contributed by atoms with E-state index in [-0.39, 0.29) is 10.5 Å². The van der Waals surface area contributed by atoms with E-state index in [9.17, 15) is 31.2 Å². The predicted octanol–water partition coefficient (Wildman–Crippen LogP) is 1.46. The average Bonchev–Trinajstić information content (AvgIpc) is 2.49. The van der Waals surface area contributed by atoms with Crippen LogP contribution in [-0.4, -0.2) is 55.0 Å².